The zero-order chi connectivity index (χ0) is 33.8. The second kappa shape index (κ2) is 14.4. The van der Waals surface area contributed by atoms with E-state index in [4.69, 9.17) is 4.74 Å². The number of aromatic nitrogens is 2. The Morgan fingerprint density at radius 3 is 2.57 bits per heavy atom. The molecule has 0 spiro atoms. The molecule has 3 aromatic rings. The number of piperidine rings is 1. The molecule has 8 nitrogen and oxygen atoms in total. The highest BCUT2D eigenvalue weighted by Gasteiger charge is 2.36. The molecule has 3 atom stereocenters. The third-order valence-corrected chi connectivity index (χ3v) is 9.19. The van der Waals surface area contributed by atoms with Gasteiger partial charge in [-0.25, -0.2) is 18.2 Å². The maximum Gasteiger partial charge on any atom is 0.406 e. The summed E-state index contributed by atoms with van der Waals surface area (Å²) in [7, 11) is -1.07. The molecule has 46 heavy (non-hydrogen) atoms. The number of nitrogens with one attached hydrogen (secondary N) is 2. The first kappa shape index (κ1) is 35.2. The van der Waals surface area contributed by atoms with E-state index in [9.17, 15) is 31.3 Å². The van der Waals surface area contributed by atoms with E-state index in [0.717, 1.165) is 10.9 Å². The minimum Gasteiger partial charge on any atom is -0.495 e. The van der Waals surface area contributed by atoms with Gasteiger partial charge in [-0.2, -0.15) is 13.2 Å². The Kier molecular flexibility index (Phi) is 11.0. The Labute approximate surface area is 263 Å². The van der Waals surface area contributed by atoms with Crippen LogP contribution in [0.1, 0.15) is 29.3 Å². The second-order valence-corrected chi connectivity index (χ2v) is 14.9. The van der Waals surface area contributed by atoms with E-state index in [0.29, 0.717) is 16.7 Å². The summed E-state index contributed by atoms with van der Waals surface area (Å²) in [6.45, 7) is 3.86. The molecule has 250 valence electrons. The Morgan fingerprint density at radius 2 is 1.93 bits per heavy atom. The molecule has 1 fully saturated rings. The summed E-state index contributed by atoms with van der Waals surface area (Å²) >= 11 is 0. The maximum absolute atomic E-state index is 15.2. The van der Waals surface area contributed by atoms with E-state index in [1.807, 2.05) is 0 Å². The number of alkyl halides is 6. The normalized spacial score (nSPS) is 19.2. The monoisotopic (exact) mass is 671 g/mol. The Hall–Kier alpha value is -3.69. The fraction of sp³-hybridized carbons (Fsp3) is 0.484. The van der Waals surface area contributed by atoms with Crippen molar-refractivity contribution in [1.29, 1.82) is 0 Å². The fourth-order valence-corrected chi connectivity index (χ4v) is 6.29. The first-order valence-corrected chi connectivity index (χ1v) is 17.1. The predicted molar refractivity (Wildman–Crippen MR) is 166 cm³/mol. The highest BCUT2D eigenvalue weighted by atomic mass is 31.2. The first-order valence-electron chi connectivity index (χ1n) is 14.5. The lowest BCUT2D eigenvalue weighted by molar-refractivity contribution is -0.139. The SMILES string of the molecule is COc1ccc(P(C)(C)=O)cc1NCC#Cc1cc(C(=O)N[C@@H]2[C@@H](C)CN(CCC(F)F)C[C@@H]2F)c2ncn(CC(F)(F)F)c2c1. The predicted octanol–water partition coefficient (Wildman–Crippen LogP) is 5.36. The second-order valence-electron chi connectivity index (χ2n) is 11.7. The van der Waals surface area contributed by atoms with Gasteiger partial charge in [0.15, 0.2) is 0 Å². The van der Waals surface area contributed by atoms with Crippen molar-refractivity contribution < 1.29 is 40.4 Å². The lowest BCUT2D eigenvalue weighted by Gasteiger charge is -2.39. The molecule has 4 rings (SSSR count). The number of ether oxygens (including phenoxy) is 1. The number of hydrogen-bond acceptors (Lipinski definition) is 6. The number of anilines is 1. The highest BCUT2D eigenvalue weighted by Crippen LogP contribution is 2.37. The van der Waals surface area contributed by atoms with E-state index < -0.39 is 56.7 Å². The Bertz CT molecular complexity index is 1650. The van der Waals surface area contributed by atoms with Gasteiger partial charge in [-0.15, -0.1) is 0 Å². The molecule has 15 heteroatoms. The molecule has 2 aromatic carbocycles. The number of methoxy groups -OCH3 is 1. The zero-order valence-electron chi connectivity index (χ0n) is 25.8. The molecule has 1 aliphatic rings. The molecule has 1 amide bonds. The van der Waals surface area contributed by atoms with Gasteiger partial charge in [-0.3, -0.25) is 9.69 Å². The van der Waals surface area contributed by atoms with Crippen LogP contribution in [-0.4, -0.2) is 91.8 Å². The van der Waals surface area contributed by atoms with Gasteiger partial charge in [0.2, 0.25) is 6.43 Å². The van der Waals surface area contributed by atoms with Crippen molar-refractivity contribution in [2.75, 3.05) is 51.9 Å². The number of imidazole rings is 1. The van der Waals surface area contributed by atoms with Crippen LogP contribution in [0.5, 0.6) is 5.75 Å². The number of carbonyl (C=O) groups is 1. The standard InChI is InChI=1S/C31H36F6N5O3P/c1-19-15-41(11-9-27(33)34)16-23(32)28(19)40-30(43)22-12-20(13-25-29(22)39-18-42(25)17-31(35,36)37)6-5-10-38-24-14-21(46(3,4)44)7-8-26(24)45-2/h7-8,12-14,18-19,23,27-28,38H,9-11,15-17H2,1-4H3,(H,40,43)/t19-,23-,28+/m0/s1. The van der Waals surface area contributed by atoms with Gasteiger partial charge < -0.3 is 24.5 Å². The summed E-state index contributed by atoms with van der Waals surface area (Å²) in [4.78, 5) is 19.1. The molecular weight excluding hydrogens is 635 g/mol. The van der Waals surface area contributed by atoms with Gasteiger partial charge in [0, 0.05) is 36.9 Å². The third-order valence-electron chi connectivity index (χ3n) is 7.67. The number of carbonyl (C=O) groups excluding carboxylic acids is 1. The summed E-state index contributed by atoms with van der Waals surface area (Å²) in [5.74, 6) is 5.07. The van der Waals surface area contributed by atoms with Gasteiger partial charge in [-0.1, -0.05) is 18.8 Å². The lowest BCUT2D eigenvalue weighted by atomic mass is 9.91. The molecule has 0 aliphatic carbocycles. The quantitative estimate of drug-likeness (QED) is 0.172. The van der Waals surface area contributed by atoms with E-state index in [2.05, 4.69) is 27.5 Å². The van der Waals surface area contributed by atoms with E-state index in [1.54, 1.807) is 43.4 Å². The van der Waals surface area contributed by atoms with Crippen LogP contribution < -0.4 is 20.7 Å². The number of amides is 1. The van der Waals surface area contributed by atoms with Crippen molar-refractivity contribution in [3.63, 3.8) is 0 Å². The van der Waals surface area contributed by atoms with Crippen LogP contribution in [0.2, 0.25) is 0 Å². The van der Waals surface area contributed by atoms with E-state index in [1.165, 1.54) is 19.2 Å². The lowest BCUT2D eigenvalue weighted by Crippen LogP contribution is -2.57. The minimum atomic E-state index is -4.56. The van der Waals surface area contributed by atoms with Crippen LogP contribution >= 0.6 is 7.14 Å². The van der Waals surface area contributed by atoms with E-state index >= 15 is 4.39 Å². The van der Waals surface area contributed by atoms with Gasteiger partial charge in [0.25, 0.3) is 5.91 Å². The molecule has 1 saturated heterocycles. The first-order chi connectivity index (χ1) is 21.6. The topological polar surface area (TPSA) is 88.5 Å². The number of benzene rings is 2. The Balaban J connectivity index is 1.60. The van der Waals surface area contributed by atoms with Crippen molar-refractivity contribution in [1.82, 2.24) is 19.8 Å². The molecule has 2 N–H and O–H groups in total. The molecular formula is C31H36F6N5O3P. The molecule has 0 unspecified atom stereocenters. The maximum atomic E-state index is 15.2. The van der Waals surface area contributed by atoms with Crippen molar-refractivity contribution in [3.05, 3.63) is 47.8 Å². The number of halogens is 6. The van der Waals surface area contributed by atoms with Gasteiger partial charge in [0.1, 0.15) is 31.1 Å². The molecule has 1 aliphatic heterocycles. The van der Waals surface area contributed by atoms with Crippen LogP contribution in [0, 0.1) is 17.8 Å². The number of rotatable bonds is 10. The molecule has 0 radical (unpaired) electrons. The van der Waals surface area contributed by atoms with Crippen molar-refractivity contribution in [2.24, 2.45) is 5.92 Å². The summed E-state index contributed by atoms with van der Waals surface area (Å²) < 4.78 is 99.2. The Morgan fingerprint density at radius 1 is 1.20 bits per heavy atom. The van der Waals surface area contributed by atoms with Crippen molar-refractivity contribution >= 4 is 35.1 Å². The minimum absolute atomic E-state index is 0.00651. The fourth-order valence-electron chi connectivity index (χ4n) is 5.42. The largest absolute Gasteiger partial charge is 0.495 e. The van der Waals surface area contributed by atoms with Gasteiger partial charge in [0.05, 0.1) is 42.8 Å². The van der Waals surface area contributed by atoms with Crippen molar-refractivity contribution in [3.8, 4) is 17.6 Å². The summed E-state index contributed by atoms with van der Waals surface area (Å²) in [6.07, 6.45) is -8.04. The highest BCUT2D eigenvalue weighted by molar-refractivity contribution is 7.70. The van der Waals surface area contributed by atoms with Crippen LogP contribution in [0.15, 0.2) is 36.7 Å². The van der Waals surface area contributed by atoms with Crippen LogP contribution in [-0.2, 0) is 11.1 Å². The van der Waals surface area contributed by atoms with Gasteiger partial charge >= 0.3 is 6.18 Å². The number of likely N-dealkylation sites (tertiary alicyclic amines) is 1. The zero-order valence-corrected chi connectivity index (χ0v) is 26.7. The number of fused-ring (bicyclic) bond motifs is 1. The summed E-state index contributed by atoms with van der Waals surface area (Å²) in [6, 6.07) is 6.93. The molecule has 0 saturated carbocycles. The average Bonchev–Trinajstić information content (AvgIpc) is 3.35. The molecule has 2 heterocycles. The van der Waals surface area contributed by atoms with Crippen LogP contribution in [0.3, 0.4) is 0 Å². The van der Waals surface area contributed by atoms with Gasteiger partial charge in [-0.05, 0) is 49.6 Å². The molecule has 1 aromatic heterocycles. The number of nitrogens with zero attached hydrogens (tertiary/aromatic N) is 3. The summed E-state index contributed by atoms with van der Waals surface area (Å²) in [5.41, 5.74) is 0.707. The molecule has 0 bridgehead atoms. The van der Waals surface area contributed by atoms with Crippen LogP contribution in [0.25, 0.3) is 11.0 Å². The third kappa shape index (κ3) is 8.97. The van der Waals surface area contributed by atoms with Crippen LogP contribution in [0.4, 0.5) is 32.0 Å². The van der Waals surface area contributed by atoms with Crippen molar-refractivity contribution in [2.45, 2.75) is 44.7 Å². The summed E-state index contributed by atoms with van der Waals surface area (Å²) in [5, 5.41) is 6.38. The number of hydrogen-bond donors (Lipinski definition) is 2. The average molecular weight is 672 g/mol. The smallest absolute Gasteiger partial charge is 0.406 e. The van der Waals surface area contributed by atoms with E-state index in [-0.39, 0.29) is 48.3 Å².